The van der Waals surface area contributed by atoms with Crippen molar-refractivity contribution in [2.75, 3.05) is 22.6 Å². The fourth-order valence-electron chi connectivity index (χ4n) is 2.74. The van der Waals surface area contributed by atoms with Crippen LogP contribution in [-0.4, -0.2) is 47.8 Å². The van der Waals surface area contributed by atoms with Crippen molar-refractivity contribution < 1.29 is 13.2 Å². The molecule has 2 heterocycles. The van der Waals surface area contributed by atoms with E-state index in [0.717, 1.165) is 16.8 Å². The number of nitrogens with zero attached hydrogens (tertiary/aromatic N) is 2. The van der Waals surface area contributed by atoms with Gasteiger partial charge in [0.25, 0.3) is 0 Å². The van der Waals surface area contributed by atoms with Gasteiger partial charge in [-0.05, 0) is 31.4 Å². The number of aromatic nitrogens is 2. The Bertz CT molecular complexity index is 891. The summed E-state index contributed by atoms with van der Waals surface area (Å²) in [4.78, 5) is 12.0. The summed E-state index contributed by atoms with van der Waals surface area (Å²) in [6, 6.07) is 5.79. The molecule has 1 aliphatic heterocycles. The van der Waals surface area contributed by atoms with Crippen molar-refractivity contribution >= 4 is 49.7 Å². The van der Waals surface area contributed by atoms with E-state index in [1.807, 2.05) is 32.0 Å². The van der Waals surface area contributed by atoms with E-state index >= 15 is 0 Å². The summed E-state index contributed by atoms with van der Waals surface area (Å²) in [6.07, 6.45) is 0.487. The number of carbonyl (C=O) groups excluding carboxylic acids is 1. The highest BCUT2D eigenvalue weighted by Crippen LogP contribution is 2.30. The highest BCUT2D eigenvalue weighted by molar-refractivity contribution is 8.01. The molecule has 0 unspecified atom stereocenters. The van der Waals surface area contributed by atoms with E-state index < -0.39 is 9.84 Å². The molecule has 1 fully saturated rings. The first kappa shape index (κ1) is 19.1. The number of carbonyl (C=O) groups is 1. The summed E-state index contributed by atoms with van der Waals surface area (Å²) < 4.78 is 23.5. The summed E-state index contributed by atoms with van der Waals surface area (Å²) in [5, 5.41) is 14.9. The van der Waals surface area contributed by atoms with Crippen molar-refractivity contribution in [3.63, 3.8) is 0 Å². The Hall–Kier alpha value is -1.65. The second-order valence-electron chi connectivity index (χ2n) is 6.22. The fraction of sp³-hybridized carbons (Fsp3) is 0.438. The Kier molecular flexibility index (Phi) is 5.83. The Morgan fingerprint density at radius 1 is 1.31 bits per heavy atom. The molecular formula is C16H20N4O3S3. The molecule has 10 heteroatoms. The van der Waals surface area contributed by atoms with E-state index in [-0.39, 0.29) is 29.2 Å². The zero-order valence-electron chi connectivity index (χ0n) is 14.5. The summed E-state index contributed by atoms with van der Waals surface area (Å²) in [5.74, 6) is 0.187. The van der Waals surface area contributed by atoms with E-state index in [0.29, 0.717) is 15.9 Å². The monoisotopic (exact) mass is 412 g/mol. The number of aryl methyl sites for hydroxylation is 2. The molecule has 1 atom stereocenters. The van der Waals surface area contributed by atoms with Crippen LogP contribution in [-0.2, 0) is 14.6 Å². The predicted octanol–water partition coefficient (Wildman–Crippen LogP) is 2.29. The Balaban J connectivity index is 1.52. The molecule has 1 aromatic carbocycles. The van der Waals surface area contributed by atoms with Gasteiger partial charge in [-0.3, -0.25) is 4.79 Å². The number of anilines is 2. The molecule has 0 radical (unpaired) electrons. The van der Waals surface area contributed by atoms with Crippen LogP contribution in [0.25, 0.3) is 0 Å². The number of benzene rings is 1. The molecule has 3 rings (SSSR count). The molecule has 1 aliphatic rings. The van der Waals surface area contributed by atoms with E-state index in [4.69, 9.17) is 0 Å². The number of thioether (sulfide) groups is 1. The van der Waals surface area contributed by atoms with Gasteiger partial charge in [-0.25, -0.2) is 8.42 Å². The smallest absolute Gasteiger partial charge is 0.230 e. The Morgan fingerprint density at radius 3 is 2.69 bits per heavy atom. The lowest BCUT2D eigenvalue weighted by atomic mass is 10.1. The van der Waals surface area contributed by atoms with Gasteiger partial charge < -0.3 is 10.6 Å². The lowest BCUT2D eigenvalue weighted by Gasteiger charge is -2.09. The maximum atomic E-state index is 12.0. The van der Waals surface area contributed by atoms with Gasteiger partial charge in [-0.2, -0.15) is 0 Å². The summed E-state index contributed by atoms with van der Waals surface area (Å²) in [7, 11) is -2.99. The van der Waals surface area contributed by atoms with Crippen LogP contribution in [0.5, 0.6) is 0 Å². The standard InChI is InChI=1S/C16H20N4O3S3/c1-10-4-3-5-11(2)14(10)18-15-19-20-16(25-15)24-8-13(21)17-12-6-7-26(22,23)9-12/h3-5,12H,6-9H2,1-2H3,(H,17,21)(H,18,19)/t12-/m0/s1. The summed E-state index contributed by atoms with van der Waals surface area (Å²) in [5.41, 5.74) is 3.26. The van der Waals surface area contributed by atoms with Crippen LogP contribution in [0.4, 0.5) is 10.8 Å². The van der Waals surface area contributed by atoms with Gasteiger partial charge in [0.1, 0.15) is 0 Å². The first-order valence-corrected chi connectivity index (χ1v) is 11.7. The molecule has 26 heavy (non-hydrogen) atoms. The number of rotatable bonds is 6. The van der Waals surface area contributed by atoms with Crippen LogP contribution in [0.1, 0.15) is 17.5 Å². The average molecular weight is 413 g/mol. The Morgan fingerprint density at radius 2 is 2.04 bits per heavy atom. The van der Waals surface area contributed by atoms with Crippen molar-refractivity contribution in [3.8, 4) is 0 Å². The number of amides is 1. The van der Waals surface area contributed by atoms with Gasteiger partial charge in [0.05, 0.1) is 17.3 Å². The topological polar surface area (TPSA) is 101 Å². The SMILES string of the molecule is Cc1cccc(C)c1Nc1nnc(SCC(=O)N[C@H]2CCS(=O)(=O)C2)s1. The third-order valence-electron chi connectivity index (χ3n) is 4.04. The van der Waals surface area contributed by atoms with Gasteiger partial charge >= 0.3 is 0 Å². The molecule has 1 saturated heterocycles. The van der Waals surface area contributed by atoms with Crippen molar-refractivity contribution in [1.29, 1.82) is 0 Å². The minimum absolute atomic E-state index is 0.0338. The third-order valence-corrected chi connectivity index (χ3v) is 7.78. The summed E-state index contributed by atoms with van der Waals surface area (Å²) >= 11 is 2.68. The maximum Gasteiger partial charge on any atom is 0.230 e. The van der Waals surface area contributed by atoms with Crippen molar-refractivity contribution in [1.82, 2.24) is 15.5 Å². The highest BCUT2D eigenvalue weighted by Gasteiger charge is 2.28. The van der Waals surface area contributed by atoms with Gasteiger partial charge in [0, 0.05) is 11.7 Å². The predicted molar refractivity (Wildman–Crippen MR) is 105 cm³/mol. The average Bonchev–Trinajstić information content (AvgIpc) is 3.15. The van der Waals surface area contributed by atoms with E-state index in [9.17, 15) is 13.2 Å². The van der Waals surface area contributed by atoms with Crippen LogP contribution >= 0.6 is 23.1 Å². The minimum Gasteiger partial charge on any atom is -0.352 e. The number of para-hydroxylation sites is 1. The molecule has 1 aromatic heterocycles. The number of hydrogen-bond acceptors (Lipinski definition) is 8. The lowest BCUT2D eigenvalue weighted by molar-refractivity contribution is -0.119. The molecule has 0 spiro atoms. The van der Waals surface area contributed by atoms with Crippen molar-refractivity contribution in [2.24, 2.45) is 0 Å². The highest BCUT2D eigenvalue weighted by atomic mass is 32.2. The largest absolute Gasteiger partial charge is 0.352 e. The quantitative estimate of drug-likeness (QED) is 0.702. The van der Waals surface area contributed by atoms with Gasteiger partial charge in [0.15, 0.2) is 14.2 Å². The molecule has 1 amide bonds. The number of sulfone groups is 1. The lowest BCUT2D eigenvalue weighted by Crippen LogP contribution is -2.36. The first-order valence-electron chi connectivity index (χ1n) is 8.12. The van der Waals surface area contributed by atoms with Crippen molar-refractivity contribution in [3.05, 3.63) is 29.3 Å². The molecule has 2 aromatic rings. The normalized spacial score (nSPS) is 18.6. The first-order chi connectivity index (χ1) is 12.3. The molecular weight excluding hydrogens is 392 g/mol. The third kappa shape index (κ3) is 4.95. The van der Waals surface area contributed by atoms with Crippen LogP contribution in [0.3, 0.4) is 0 Å². The van der Waals surface area contributed by atoms with E-state index in [1.54, 1.807) is 0 Å². The molecule has 7 nitrogen and oxygen atoms in total. The molecule has 2 N–H and O–H groups in total. The second-order valence-corrected chi connectivity index (χ2v) is 10.6. The second kappa shape index (κ2) is 7.93. The van der Waals surface area contributed by atoms with Crippen LogP contribution in [0, 0.1) is 13.8 Å². The fourth-order valence-corrected chi connectivity index (χ4v) is 5.98. The summed E-state index contributed by atoms with van der Waals surface area (Å²) in [6.45, 7) is 4.05. The maximum absolute atomic E-state index is 12.0. The van der Waals surface area contributed by atoms with E-state index in [1.165, 1.54) is 23.1 Å². The van der Waals surface area contributed by atoms with Crippen LogP contribution in [0.15, 0.2) is 22.5 Å². The van der Waals surface area contributed by atoms with E-state index in [2.05, 4.69) is 20.8 Å². The number of hydrogen-bond donors (Lipinski definition) is 2. The van der Waals surface area contributed by atoms with Crippen molar-refractivity contribution in [2.45, 2.75) is 30.6 Å². The zero-order valence-corrected chi connectivity index (χ0v) is 16.9. The van der Waals surface area contributed by atoms with Crippen LogP contribution in [0.2, 0.25) is 0 Å². The molecule has 0 saturated carbocycles. The van der Waals surface area contributed by atoms with Crippen LogP contribution < -0.4 is 10.6 Å². The van der Waals surface area contributed by atoms with Gasteiger partial charge in [-0.15, -0.1) is 10.2 Å². The number of nitrogens with one attached hydrogen (secondary N) is 2. The Labute approximate surface area is 160 Å². The zero-order chi connectivity index (χ0) is 18.7. The molecule has 0 bridgehead atoms. The molecule has 0 aliphatic carbocycles. The minimum atomic E-state index is -2.99. The van der Waals surface area contributed by atoms with Gasteiger partial charge in [0.2, 0.25) is 11.0 Å². The van der Waals surface area contributed by atoms with Gasteiger partial charge in [-0.1, -0.05) is 41.3 Å². The molecule has 140 valence electrons.